The topological polar surface area (TPSA) is 27.1 Å². The monoisotopic (exact) mass is 590 g/mol. The van der Waals surface area contributed by atoms with Gasteiger partial charge in [-0.1, -0.05) is 147 Å². The highest BCUT2D eigenvalue weighted by Gasteiger charge is 2.40. The van der Waals surface area contributed by atoms with Crippen molar-refractivity contribution in [2.75, 3.05) is 6.61 Å². The van der Waals surface area contributed by atoms with E-state index in [0.717, 1.165) is 44.4 Å². The summed E-state index contributed by atoms with van der Waals surface area (Å²) in [6, 6.07) is 52.8. The van der Waals surface area contributed by atoms with E-state index < -0.39 is 8.07 Å². The molecule has 0 aliphatic heterocycles. The highest BCUT2D eigenvalue weighted by molar-refractivity contribution is 7.10. The number of unbranched alkanes of at least 4 members (excludes halogenated alkanes) is 1. The first kappa shape index (κ1) is 29.5. The van der Waals surface area contributed by atoms with E-state index in [0.29, 0.717) is 0 Å². The lowest BCUT2D eigenvalue weighted by Crippen LogP contribution is -2.70. The lowest BCUT2D eigenvalue weighted by atomic mass is 9.58. The van der Waals surface area contributed by atoms with Gasteiger partial charge in [-0.25, -0.2) is 0 Å². The zero-order chi connectivity index (χ0) is 30.0. The fourth-order valence-electron chi connectivity index (χ4n) is 6.32. The maximum atomic E-state index is 6.27. The van der Waals surface area contributed by atoms with Crippen LogP contribution < -0.4 is 26.0 Å². The molecule has 0 spiro atoms. The molecule has 0 unspecified atom stereocenters. The van der Waals surface area contributed by atoms with Crippen molar-refractivity contribution in [2.45, 2.75) is 31.8 Å². The Labute approximate surface area is 263 Å². The number of hydrogen-bond donors (Lipinski definition) is 0. The molecule has 1 aromatic heterocycles. The molecule has 5 heteroatoms. The van der Waals surface area contributed by atoms with Crippen molar-refractivity contribution in [3.8, 4) is 5.75 Å². The molecule has 1 heterocycles. The third-order valence-electron chi connectivity index (χ3n) is 8.63. The lowest BCUT2D eigenvalue weighted by Gasteiger charge is -2.35. The van der Waals surface area contributed by atoms with E-state index >= 15 is 0 Å². The minimum absolute atomic E-state index is 0.207. The van der Waals surface area contributed by atoms with Gasteiger partial charge >= 0.3 is 0 Å². The van der Waals surface area contributed by atoms with Crippen LogP contribution in [0.2, 0.25) is 0 Å². The maximum Gasteiger partial charge on any atom is 0.217 e. The van der Waals surface area contributed by atoms with Crippen LogP contribution in [0.4, 0.5) is 0 Å². The average Bonchev–Trinajstić information content (AvgIpc) is 3.54. The van der Waals surface area contributed by atoms with Crippen LogP contribution in [-0.4, -0.2) is 31.5 Å². The van der Waals surface area contributed by atoms with Crippen LogP contribution in [0.3, 0.4) is 0 Å². The van der Waals surface area contributed by atoms with E-state index in [1.54, 1.807) is 0 Å². The molecule has 0 amide bonds. The second kappa shape index (κ2) is 14.2. The first-order valence-corrected chi connectivity index (χ1v) is 17.9. The molecule has 0 radical (unpaired) electrons. The molecule has 6 aromatic rings. The molecular formula is C39H39BN2OSi. The van der Waals surface area contributed by atoms with Gasteiger partial charge in [0, 0.05) is 18.6 Å². The van der Waals surface area contributed by atoms with Crippen LogP contribution in [0.5, 0.6) is 5.75 Å². The minimum atomic E-state index is -2.61. The predicted octanol–water partition coefficient (Wildman–Crippen LogP) is 5.62. The Bertz CT molecular complexity index is 1650. The zero-order valence-electron chi connectivity index (χ0n) is 25.4. The van der Waals surface area contributed by atoms with Crippen LogP contribution in [0.25, 0.3) is 0 Å². The summed E-state index contributed by atoms with van der Waals surface area (Å²) in [4.78, 5) is 5.00. The number of aromatic nitrogens is 2. The summed E-state index contributed by atoms with van der Waals surface area (Å²) in [5, 5.41) is 4.09. The Morgan fingerprint density at radius 2 is 1.23 bits per heavy atom. The van der Waals surface area contributed by atoms with Crippen molar-refractivity contribution in [2.24, 2.45) is 0 Å². The highest BCUT2D eigenvalue weighted by atomic mass is 28.3. The summed E-state index contributed by atoms with van der Waals surface area (Å²) in [6.07, 6.45) is 7.15. The van der Waals surface area contributed by atoms with Gasteiger partial charge in [-0.3, -0.25) is 4.98 Å². The number of benzene rings is 5. The van der Waals surface area contributed by atoms with Gasteiger partial charge in [-0.2, -0.15) is 0 Å². The Kier molecular flexibility index (Phi) is 9.54. The Balaban J connectivity index is 1.47. The van der Waals surface area contributed by atoms with E-state index in [-0.39, 0.29) is 5.82 Å². The van der Waals surface area contributed by atoms with Gasteiger partial charge in [0.1, 0.15) is 5.75 Å². The Hall–Kier alpha value is -4.61. The average molecular weight is 591 g/mol. The van der Waals surface area contributed by atoms with Crippen molar-refractivity contribution >= 4 is 36.6 Å². The van der Waals surface area contributed by atoms with Crippen LogP contribution in [0.1, 0.15) is 36.7 Å². The van der Waals surface area contributed by atoms with E-state index in [2.05, 4.69) is 163 Å². The quantitative estimate of drug-likeness (QED) is 0.0992. The van der Waals surface area contributed by atoms with Gasteiger partial charge in [0.25, 0.3) is 0 Å². The Morgan fingerprint density at radius 3 is 1.80 bits per heavy atom. The number of nitrogens with zero attached hydrogens (tertiary/aromatic N) is 2. The first-order valence-electron chi connectivity index (χ1n) is 15.7. The number of rotatable bonds is 13. The Morgan fingerprint density at radius 1 is 0.682 bits per heavy atom. The van der Waals surface area contributed by atoms with Crippen LogP contribution in [0, 0.1) is 0 Å². The number of hydrogen-bond acceptors (Lipinski definition) is 2. The molecule has 0 fully saturated rings. The van der Waals surface area contributed by atoms with Gasteiger partial charge < -0.3 is 9.30 Å². The molecule has 44 heavy (non-hydrogen) atoms. The summed E-state index contributed by atoms with van der Waals surface area (Å²) < 4.78 is 8.69. The molecule has 0 bridgehead atoms. The molecule has 0 atom stereocenters. The molecule has 0 saturated carbocycles. The SMILES string of the molecule is CCCCOc1cccc([Si](Cn2ccnc2BC(c2ccccc2)c2ccccc2)(c2ccccc2)c2ccccc2)c1. The second-order valence-electron chi connectivity index (χ2n) is 11.4. The molecule has 5 aromatic carbocycles. The molecule has 6 rings (SSSR count). The van der Waals surface area contributed by atoms with E-state index in [9.17, 15) is 0 Å². The second-order valence-corrected chi connectivity index (χ2v) is 15.3. The summed E-state index contributed by atoms with van der Waals surface area (Å²) in [5.74, 6) is 1.15. The summed E-state index contributed by atoms with van der Waals surface area (Å²) in [7, 11) is -1.79. The normalized spacial score (nSPS) is 11.4. The van der Waals surface area contributed by atoms with Crippen molar-refractivity contribution in [3.05, 3.63) is 169 Å². The van der Waals surface area contributed by atoms with Crippen LogP contribution >= 0.6 is 0 Å². The first-order chi connectivity index (χ1) is 21.8. The smallest absolute Gasteiger partial charge is 0.217 e. The van der Waals surface area contributed by atoms with Gasteiger partial charge in [0.15, 0.2) is 8.07 Å². The van der Waals surface area contributed by atoms with Crippen LogP contribution in [-0.2, 0) is 6.17 Å². The highest BCUT2D eigenvalue weighted by Crippen LogP contribution is 2.23. The number of imidazole rings is 1. The van der Waals surface area contributed by atoms with Crippen LogP contribution in [0.15, 0.2) is 158 Å². The fraction of sp³-hybridized carbons (Fsp3) is 0.154. The van der Waals surface area contributed by atoms with E-state index in [1.807, 2.05) is 6.20 Å². The molecule has 0 aliphatic carbocycles. The van der Waals surface area contributed by atoms with Gasteiger partial charge in [0.2, 0.25) is 7.28 Å². The van der Waals surface area contributed by atoms with Crippen molar-refractivity contribution < 1.29 is 4.74 Å². The summed E-state index contributed by atoms with van der Waals surface area (Å²) in [5.41, 5.74) is 3.71. The third kappa shape index (κ3) is 6.48. The fourth-order valence-corrected chi connectivity index (χ4v) is 11.0. The summed E-state index contributed by atoms with van der Waals surface area (Å²) >= 11 is 0. The van der Waals surface area contributed by atoms with Gasteiger partial charge in [-0.05, 0) is 51.1 Å². The van der Waals surface area contributed by atoms with E-state index in [4.69, 9.17) is 9.72 Å². The minimum Gasteiger partial charge on any atom is -0.494 e. The molecule has 3 nitrogen and oxygen atoms in total. The van der Waals surface area contributed by atoms with Gasteiger partial charge in [-0.15, -0.1) is 0 Å². The standard InChI is InChI=1S/C39H39BN2OSi/c1-2-3-29-43-34-21-16-26-37(30-34)44(35-22-12-6-13-23-35,36-24-14-7-15-25-36)31-42-28-27-41-39(42)40-38(32-17-8-4-9-18-32)33-19-10-5-11-20-33/h4-28,30,38,40H,2-3,29,31H2,1H3. The summed E-state index contributed by atoms with van der Waals surface area (Å²) in [6.45, 7) is 2.93. The maximum absolute atomic E-state index is 6.27. The van der Waals surface area contributed by atoms with Gasteiger partial charge in [0.05, 0.1) is 12.3 Å². The molecule has 0 saturated heterocycles. The number of ether oxygens (including phenoxy) is 1. The van der Waals surface area contributed by atoms with Crippen molar-refractivity contribution in [1.82, 2.24) is 9.55 Å². The zero-order valence-corrected chi connectivity index (χ0v) is 26.4. The van der Waals surface area contributed by atoms with Crippen molar-refractivity contribution in [3.63, 3.8) is 0 Å². The predicted molar refractivity (Wildman–Crippen MR) is 188 cm³/mol. The molecule has 0 aliphatic rings. The van der Waals surface area contributed by atoms with E-state index in [1.165, 1.54) is 26.7 Å². The van der Waals surface area contributed by atoms with Crippen molar-refractivity contribution in [1.29, 1.82) is 0 Å². The lowest BCUT2D eigenvalue weighted by molar-refractivity contribution is 0.309. The molecule has 218 valence electrons. The largest absolute Gasteiger partial charge is 0.494 e. The third-order valence-corrected chi connectivity index (χ3v) is 13.4. The molecular weight excluding hydrogens is 551 g/mol. The molecule has 0 N–H and O–H groups in total.